The molecule has 1 rings (SSSR count). The lowest BCUT2D eigenvalue weighted by Crippen LogP contribution is -2.39. The molecule has 1 heterocycles. The van der Waals surface area contributed by atoms with Crippen LogP contribution in [0.1, 0.15) is 38.7 Å². The number of carbonyl (C=O) groups excluding carboxylic acids is 1. The molecule has 0 bridgehead atoms. The SMILES string of the molecule is CCCCN(C)C(=NCCC(=O)Nc1ccc(C)cn1)NCC.I. The fourth-order valence-corrected chi connectivity index (χ4v) is 1.98. The fourth-order valence-electron chi connectivity index (χ4n) is 1.98. The van der Waals surface area contributed by atoms with Crippen molar-refractivity contribution in [3.63, 3.8) is 0 Å². The second kappa shape index (κ2) is 13.0. The van der Waals surface area contributed by atoms with Crippen LogP contribution in [0.2, 0.25) is 0 Å². The van der Waals surface area contributed by atoms with Gasteiger partial charge in [-0.25, -0.2) is 4.98 Å². The van der Waals surface area contributed by atoms with Crippen LogP contribution in [0, 0.1) is 6.92 Å². The Morgan fingerprint density at radius 2 is 2.08 bits per heavy atom. The molecule has 0 spiro atoms. The Bertz CT molecular complexity index is 504. The van der Waals surface area contributed by atoms with E-state index < -0.39 is 0 Å². The third kappa shape index (κ3) is 9.05. The van der Waals surface area contributed by atoms with Gasteiger partial charge in [-0.3, -0.25) is 9.79 Å². The maximum absolute atomic E-state index is 11.9. The number of aromatic nitrogens is 1. The van der Waals surface area contributed by atoms with Gasteiger partial charge in [-0.15, -0.1) is 24.0 Å². The standard InChI is InChI=1S/C17H29N5O.HI/c1-5-7-12-22(4)17(18-6-2)19-11-10-16(23)21-15-9-8-14(3)13-20-15;/h8-9,13H,5-7,10-12H2,1-4H3,(H,18,19)(H,20,21,23);1H. The van der Waals surface area contributed by atoms with Gasteiger partial charge in [0.2, 0.25) is 5.91 Å². The predicted octanol–water partition coefficient (Wildman–Crippen LogP) is 3.03. The number of anilines is 1. The number of aliphatic imine (C=N–C) groups is 1. The van der Waals surface area contributed by atoms with Crippen molar-refractivity contribution >= 4 is 41.7 Å². The average Bonchev–Trinajstić information content (AvgIpc) is 2.54. The minimum absolute atomic E-state index is 0. The number of nitrogens with zero attached hydrogens (tertiary/aromatic N) is 3. The minimum Gasteiger partial charge on any atom is -0.357 e. The molecule has 2 N–H and O–H groups in total. The number of halogens is 1. The molecule has 0 saturated heterocycles. The predicted molar refractivity (Wildman–Crippen MR) is 111 cm³/mol. The Kier molecular flexibility index (Phi) is 12.2. The Morgan fingerprint density at radius 1 is 1.33 bits per heavy atom. The summed E-state index contributed by atoms with van der Waals surface area (Å²) in [5.74, 6) is 1.36. The molecule has 0 aromatic carbocycles. The molecule has 0 unspecified atom stereocenters. The van der Waals surface area contributed by atoms with E-state index in [-0.39, 0.29) is 29.9 Å². The zero-order valence-corrected chi connectivity index (χ0v) is 17.5. The van der Waals surface area contributed by atoms with Gasteiger partial charge in [0.25, 0.3) is 0 Å². The molecule has 1 aromatic rings. The monoisotopic (exact) mass is 447 g/mol. The van der Waals surface area contributed by atoms with Gasteiger partial charge in [-0.05, 0) is 31.9 Å². The highest BCUT2D eigenvalue weighted by molar-refractivity contribution is 14.0. The summed E-state index contributed by atoms with van der Waals surface area (Å²) in [6.07, 6.45) is 4.35. The average molecular weight is 447 g/mol. The first kappa shape index (κ1) is 22.6. The van der Waals surface area contributed by atoms with Crippen LogP contribution in [0.3, 0.4) is 0 Å². The van der Waals surface area contributed by atoms with Gasteiger partial charge in [0.15, 0.2) is 5.96 Å². The number of aryl methyl sites for hydroxylation is 1. The summed E-state index contributed by atoms with van der Waals surface area (Å²) in [5, 5.41) is 6.04. The van der Waals surface area contributed by atoms with Crippen molar-refractivity contribution in [2.45, 2.75) is 40.0 Å². The van der Waals surface area contributed by atoms with Gasteiger partial charge in [0.1, 0.15) is 5.82 Å². The smallest absolute Gasteiger partial charge is 0.227 e. The third-order valence-electron chi connectivity index (χ3n) is 3.32. The first-order valence-electron chi connectivity index (χ1n) is 8.28. The Balaban J connectivity index is 0.00000529. The molecule has 24 heavy (non-hydrogen) atoms. The number of pyridine rings is 1. The van der Waals surface area contributed by atoms with Crippen LogP contribution < -0.4 is 10.6 Å². The second-order valence-corrected chi connectivity index (χ2v) is 5.53. The number of hydrogen-bond donors (Lipinski definition) is 2. The van der Waals surface area contributed by atoms with E-state index in [1.54, 1.807) is 12.3 Å². The number of amides is 1. The summed E-state index contributed by atoms with van der Waals surface area (Å²) in [5.41, 5.74) is 1.07. The third-order valence-corrected chi connectivity index (χ3v) is 3.32. The van der Waals surface area contributed by atoms with Gasteiger partial charge in [-0.2, -0.15) is 0 Å². The second-order valence-electron chi connectivity index (χ2n) is 5.53. The van der Waals surface area contributed by atoms with E-state index >= 15 is 0 Å². The number of nitrogens with one attached hydrogen (secondary N) is 2. The Morgan fingerprint density at radius 3 is 2.67 bits per heavy atom. The quantitative estimate of drug-likeness (QED) is 0.365. The molecule has 0 saturated carbocycles. The van der Waals surface area contributed by atoms with Crippen molar-refractivity contribution in [1.82, 2.24) is 15.2 Å². The zero-order chi connectivity index (χ0) is 17.1. The molecular formula is C17H30IN5O. The largest absolute Gasteiger partial charge is 0.357 e. The molecule has 0 aliphatic heterocycles. The Labute approximate surface area is 162 Å². The normalized spacial score (nSPS) is 10.8. The number of unbranched alkanes of at least 4 members (excludes halogenated alkanes) is 1. The van der Waals surface area contributed by atoms with Crippen molar-refractivity contribution in [3.05, 3.63) is 23.9 Å². The number of carbonyl (C=O) groups is 1. The Hall–Kier alpha value is -1.38. The summed E-state index contributed by atoms with van der Waals surface area (Å²) in [4.78, 5) is 22.7. The van der Waals surface area contributed by atoms with Crippen molar-refractivity contribution in [1.29, 1.82) is 0 Å². The number of hydrogen-bond acceptors (Lipinski definition) is 3. The molecule has 6 nitrogen and oxygen atoms in total. The maximum atomic E-state index is 11.9. The molecule has 7 heteroatoms. The fraction of sp³-hybridized carbons (Fsp3) is 0.588. The van der Waals surface area contributed by atoms with E-state index in [1.165, 1.54) is 0 Å². The van der Waals surface area contributed by atoms with Crippen molar-refractivity contribution in [2.24, 2.45) is 4.99 Å². The lowest BCUT2D eigenvalue weighted by atomic mass is 10.3. The van der Waals surface area contributed by atoms with Crippen LogP contribution in [0.15, 0.2) is 23.3 Å². The highest BCUT2D eigenvalue weighted by Gasteiger charge is 2.06. The van der Waals surface area contributed by atoms with Gasteiger partial charge in [-0.1, -0.05) is 19.4 Å². The topological polar surface area (TPSA) is 69.6 Å². The molecule has 0 aliphatic rings. The van der Waals surface area contributed by atoms with Crippen LogP contribution in [-0.2, 0) is 4.79 Å². The lowest BCUT2D eigenvalue weighted by Gasteiger charge is -2.21. The zero-order valence-electron chi connectivity index (χ0n) is 15.1. The van der Waals surface area contributed by atoms with Crippen molar-refractivity contribution in [3.8, 4) is 0 Å². The van der Waals surface area contributed by atoms with E-state index in [0.29, 0.717) is 18.8 Å². The van der Waals surface area contributed by atoms with Gasteiger partial charge < -0.3 is 15.5 Å². The van der Waals surface area contributed by atoms with Gasteiger partial charge in [0, 0.05) is 32.8 Å². The molecule has 1 amide bonds. The first-order valence-corrected chi connectivity index (χ1v) is 8.28. The molecule has 1 aromatic heterocycles. The maximum Gasteiger partial charge on any atom is 0.227 e. The molecular weight excluding hydrogens is 417 g/mol. The summed E-state index contributed by atoms with van der Waals surface area (Å²) in [6.45, 7) is 8.40. The number of rotatable bonds is 8. The number of guanidine groups is 1. The van der Waals surface area contributed by atoms with Crippen LogP contribution in [-0.4, -0.2) is 48.4 Å². The van der Waals surface area contributed by atoms with Crippen LogP contribution >= 0.6 is 24.0 Å². The van der Waals surface area contributed by atoms with Crippen molar-refractivity contribution in [2.75, 3.05) is 32.0 Å². The highest BCUT2D eigenvalue weighted by atomic mass is 127. The van der Waals surface area contributed by atoms with Crippen LogP contribution in [0.25, 0.3) is 0 Å². The summed E-state index contributed by atoms with van der Waals surface area (Å²) < 4.78 is 0. The summed E-state index contributed by atoms with van der Waals surface area (Å²) >= 11 is 0. The summed E-state index contributed by atoms with van der Waals surface area (Å²) in [6, 6.07) is 3.73. The molecule has 0 fully saturated rings. The van der Waals surface area contributed by atoms with E-state index in [2.05, 4.69) is 32.4 Å². The van der Waals surface area contributed by atoms with Crippen LogP contribution in [0.4, 0.5) is 5.82 Å². The van der Waals surface area contributed by atoms with E-state index in [0.717, 1.165) is 37.5 Å². The van der Waals surface area contributed by atoms with E-state index in [4.69, 9.17) is 0 Å². The molecule has 136 valence electrons. The van der Waals surface area contributed by atoms with E-state index in [9.17, 15) is 4.79 Å². The highest BCUT2D eigenvalue weighted by Crippen LogP contribution is 2.04. The van der Waals surface area contributed by atoms with Crippen molar-refractivity contribution < 1.29 is 4.79 Å². The minimum atomic E-state index is -0.0721. The lowest BCUT2D eigenvalue weighted by molar-refractivity contribution is -0.116. The van der Waals surface area contributed by atoms with E-state index in [1.807, 2.05) is 27.0 Å². The first-order chi connectivity index (χ1) is 11.1. The van der Waals surface area contributed by atoms with Gasteiger partial charge >= 0.3 is 0 Å². The van der Waals surface area contributed by atoms with Crippen LogP contribution in [0.5, 0.6) is 0 Å². The molecule has 0 aliphatic carbocycles. The summed E-state index contributed by atoms with van der Waals surface area (Å²) in [7, 11) is 2.02. The van der Waals surface area contributed by atoms with Gasteiger partial charge in [0.05, 0.1) is 6.54 Å². The molecule has 0 atom stereocenters. The molecule has 0 radical (unpaired) electrons.